The van der Waals surface area contributed by atoms with Gasteiger partial charge in [-0.25, -0.2) is 9.67 Å². The molecule has 0 bridgehead atoms. The molecular formula is C21H21ClN6O3S. The summed E-state index contributed by atoms with van der Waals surface area (Å²) in [4.78, 5) is 16.8. The average Bonchev–Trinajstić information content (AvgIpc) is 3.46. The molecule has 32 heavy (non-hydrogen) atoms. The number of benzene rings is 1. The maximum Gasteiger partial charge on any atom is 0.261 e. The normalized spacial score (nSPS) is 11.8. The van der Waals surface area contributed by atoms with Gasteiger partial charge in [0, 0.05) is 6.21 Å². The highest BCUT2D eigenvalue weighted by Crippen LogP contribution is 2.21. The molecule has 3 rings (SSSR count). The van der Waals surface area contributed by atoms with Crippen LogP contribution in [0.4, 0.5) is 0 Å². The van der Waals surface area contributed by atoms with Crippen LogP contribution in [0.1, 0.15) is 20.9 Å². The highest BCUT2D eigenvalue weighted by atomic mass is 35.5. The standard InChI is InChI=1S/C21H21ClN6O3S/c1-13(30-2)24-11-17(20(23)31-3)14-4-6-16(7-5-14)28-12-15(26-27-28)10-25-21(29)18-8-9-19(22)32-18/h4-9,11-12H,1,10,23H2,2-3H3,(H,25,29)/b20-17-,24-11-. The maximum atomic E-state index is 12.1. The Bertz CT molecular complexity index is 1170. The zero-order valence-corrected chi connectivity index (χ0v) is 19.0. The summed E-state index contributed by atoms with van der Waals surface area (Å²) in [5.41, 5.74) is 8.70. The van der Waals surface area contributed by atoms with Crippen LogP contribution in [0.2, 0.25) is 4.34 Å². The fourth-order valence-corrected chi connectivity index (χ4v) is 3.53. The Hall–Kier alpha value is -3.63. The molecular weight excluding hydrogens is 452 g/mol. The SMILES string of the molecule is C=C(/N=C\C(=C(/N)OC)c1ccc(-n2cc(CNC(=O)c3ccc(Cl)s3)nn2)cc1)OC. The molecule has 11 heteroatoms. The van der Waals surface area contributed by atoms with Crippen LogP contribution >= 0.6 is 22.9 Å². The molecule has 0 saturated heterocycles. The van der Waals surface area contributed by atoms with E-state index in [-0.39, 0.29) is 24.2 Å². The van der Waals surface area contributed by atoms with Crippen molar-refractivity contribution in [2.45, 2.75) is 6.54 Å². The number of carbonyl (C=O) groups is 1. The van der Waals surface area contributed by atoms with Crippen molar-refractivity contribution in [1.29, 1.82) is 0 Å². The zero-order chi connectivity index (χ0) is 23.1. The Morgan fingerprint density at radius 2 is 2.03 bits per heavy atom. The lowest BCUT2D eigenvalue weighted by atomic mass is 10.1. The van der Waals surface area contributed by atoms with Crippen LogP contribution in [-0.4, -0.2) is 41.3 Å². The highest BCUT2D eigenvalue weighted by molar-refractivity contribution is 7.17. The maximum absolute atomic E-state index is 12.1. The summed E-state index contributed by atoms with van der Waals surface area (Å²) in [5.74, 6) is 0.234. The molecule has 0 atom stereocenters. The molecule has 0 unspecified atom stereocenters. The van der Waals surface area contributed by atoms with Gasteiger partial charge in [0.1, 0.15) is 5.69 Å². The number of nitrogens with one attached hydrogen (secondary N) is 1. The van der Waals surface area contributed by atoms with E-state index >= 15 is 0 Å². The van der Waals surface area contributed by atoms with E-state index in [9.17, 15) is 4.79 Å². The number of rotatable bonds is 9. The number of allylic oxidation sites excluding steroid dienone is 1. The molecule has 166 valence electrons. The molecule has 2 aromatic heterocycles. The van der Waals surface area contributed by atoms with Crippen molar-refractivity contribution in [2.75, 3.05) is 14.2 Å². The van der Waals surface area contributed by atoms with Crippen LogP contribution in [0.5, 0.6) is 0 Å². The van der Waals surface area contributed by atoms with E-state index < -0.39 is 0 Å². The summed E-state index contributed by atoms with van der Waals surface area (Å²) < 4.78 is 12.3. The van der Waals surface area contributed by atoms with Gasteiger partial charge in [-0.2, -0.15) is 0 Å². The Kier molecular flexibility index (Phi) is 7.63. The number of hydrogen-bond acceptors (Lipinski definition) is 8. The molecule has 1 aromatic carbocycles. The van der Waals surface area contributed by atoms with Crippen molar-refractivity contribution < 1.29 is 14.3 Å². The topological polar surface area (TPSA) is 117 Å². The highest BCUT2D eigenvalue weighted by Gasteiger charge is 2.11. The first-order valence-electron chi connectivity index (χ1n) is 9.27. The third-order valence-corrected chi connectivity index (χ3v) is 5.50. The predicted octanol–water partition coefficient (Wildman–Crippen LogP) is 3.37. The van der Waals surface area contributed by atoms with Gasteiger partial charge in [-0.05, 0) is 36.4 Å². The number of halogens is 1. The van der Waals surface area contributed by atoms with Crippen LogP contribution in [0.25, 0.3) is 11.3 Å². The van der Waals surface area contributed by atoms with Crippen molar-refractivity contribution in [3.63, 3.8) is 0 Å². The number of nitrogens with zero attached hydrogens (tertiary/aromatic N) is 4. The fourth-order valence-electron chi connectivity index (χ4n) is 2.57. The summed E-state index contributed by atoms with van der Waals surface area (Å²) >= 11 is 7.08. The second kappa shape index (κ2) is 10.6. The van der Waals surface area contributed by atoms with Crippen molar-refractivity contribution in [3.8, 4) is 5.69 Å². The van der Waals surface area contributed by atoms with E-state index in [0.717, 1.165) is 11.3 Å². The van der Waals surface area contributed by atoms with E-state index in [1.807, 2.05) is 24.3 Å². The molecule has 0 aliphatic heterocycles. The first-order chi connectivity index (χ1) is 15.4. The Labute approximate surface area is 193 Å². The molecule has 2 heterocycles. The predicted molar refractivity (Wildman–Crippen MR) is 125 cm³/mol. The third kappa shape index (κ3) is 5.74. The molecule has 0 aliphatic carbocycles. The van der Waals surface area contributed by atoms with Crippen LogP contribution in [-0.2, 0) is 16.0 Å². The van der Waals surface area contributed by atoms with Crippen molar-refractivity contribution >= 4 is 40.6 Å². The number of thiophene rings is 1. The number of carbonyl (C=O) groups excluding carboxylic acids is 1. The van der Waals surface area contributed by atoms with Gasteiger partial charge in [0.2, 0.25) is 5.88 Å². The van der Waals surface area contributed by atoms with Crippen LogP contribution in [0.15, 0.2) is 65.9 Å². The number of amides is 1. The number of nitrogens with two attached hydrogens (primary N) is 1. The van der Waals surface area contributed by atoms with Gasteiger partial charge < -0.3 is 20.5 Å². The Morgan fingerprint density at radius 1 is 1.28 bits per heavy atom. The third-order valence-electron chi connectivity index (χ3n) is 4.27. The van der Waals surface area contributed by atoms with Crippen molar-refractivity contribution in [2.24, 2.45) is 10.7 Å². The number of hydrogen-bond donors (Lipinski definition) is 2. The van der Waals surface area contributed by atoms with E-state index in [1.54, 1.807) is 23.0 Å². The van der Waals surface area contributed by atoms with Crippen molar-refractivity contribution in [3.05, 3.63) is 81.4 Å². The molecule has 0 saturated carbocycles. The van der Waals surface area contributed by atoms with Gasteiger partial charge >= 0.3 is 0 Å². The molecule has 0 radical (unpaired) electrons. The first kappa shape index (κ1) is 23.0. The number of aromatic nitrogens is 3. The first-order valence-corrected chi connectivity index (χ1v) is 10.5. The Balaban J connectivity index is 1.70. The fraction of sp³-hybridized carbons (Fsp3) is 0.143. The van der Waals surface area contributed by atoms with Gasteiger partial charge in [-0.3, -0.25) is 4.79 Å². The second-order valence-corrected chi connectivity index (χ2v) is 8.04. The summed E-state index contributed by atoms with van der Waals surface area (Å²) in [6.45, 7) is 3.89. The van der Waals surface area contributed by atoms with Gasteiger partial charge in [0.25, 0.3) is 5.91 Å². The second-order valence-electron chi connectivity index (χ2n) is 6.33. The van der Waals surface area contributed by atoms with Gasteiger partial charge in [-0.15, -0.1) is 16.4 Å². The Morgan fingerprint density at radius 3 is 2.66 bits per heavy atom. The summed E-state index contributed by atoms with van der Waals surface area (Å²) in [6, 6.07) is 10.8. The summed E-state index contributed by atoms with van der Waals surface area (Å²) in [5, 5.41) is 11.0. The quantitative estimate of drug-likeness (QED) is 0.364. The number of ether oxygens (including phenoxy) is 2. The van der Waals surface area contributed by atoms with Gasteiger partial charge in [0.05, 0.1) is 47.4 Å². The molecule has 3 aromatic rings. The zero-order valence-electron chi connectivity index (χ0n) is 17.4. The van der Waals surface area contributed by atoms with Gasteiger partial charge in [-0.1, -0.05) is 28.9 Å². The van der Waals surface area contributed by atoms with Crippen LogP contribution < -0.4 is 11.1 Å². The monoisotopic (exact) mass is 472 g/mol. The minimum Gasteiger partial charge on any atom is -0.482 e. The van der Waals surface area contributed by atoms with E-state index in [4.69, 9.17) is 26.8 Å². The molecule has 0 fully saturated rings. The van der Waals surface area contributed by atoms with E-state index in [2.05, 4.69) is 27.2 Å². The number of methoxy groups -OCH3 is 2. The molecule has 3 N–H and O–H groups in total. The van der Waals surface area contributed by atoms with Crippen LogP contribution in [0, 0.1) is 0 Å². The lowest BCUT2D eigenvalue weighted by molar-refractivity contribution is 0.0954. The lowest BCUT2D eigenvalue weighted by Gasteiger charge is -2.08. The van der Waals surface area contributed by atoms with E-state index in [1.165, 1.54) is 31.8 Å². The minimum absolute atomic E-state index is 0.205. The van der Waals surface area contributed by atoms with Gasteiger partial charge in [0.15, 0.2) is 5.88 Å². The summed E-state index contributed by atoms with van der Waals surface area (Å²) in [7, 11) is 2.96. The molecule has 0 spiro atoms. The minimum atomic E-state index is -0.214. The largest absolute Gasteiger partial charge is 0.482 e. The van der Waals surface area contributed by atoms with Crippen LogP contribution in [0.3, 0.4) is 0 Å². The average molecular weight is 473 g/mol. The molecule has 9 nitrogen and oxygen atoms in total. The lowest BCUT2D eigenvalue weighted by Crippen LogP contribution is -2.21. The molecule has 0 aliphatic rings. The number of aliphatic imine (C=N–C) groups is 1. The molecule has 1 amide bonds. The van der Waals surface area contributed by atoms with Crippen molar-refractivity contribution in [1.82, 2.24) is 20.3 Å². The van der Waals surface area contributed by atoms with E-state index in [0.29, 0.717) is 20.5 Å². The smallest absolute Gasteiger partial charge is 0.261 e. The summed E-state index contributed by atoms with van der Waals surface area (Å²) in [6.07, 6.45) is 3.26.